The van der Waals surface area contributed by atoms with Crippen LogP contribution >= 0.6 is 0 Å². The molecule has 182 valence electrons. The Morgan fingerprint density at radius 2 is 1.27 bits per heavy atom. The molecule has 4 atom stereocenters. The van der Waals surface area contributed by atoms with Crippen LogP contribution < -0.4 is 0 Å². The number of hydrogen-bond acceptors (Lipinski definition) is 4. The topological polar surface area (TPSA) is 41.9 Å². The molecule has 0 heterocycles. The summed E-state index contributed by atoms with van der Waals surface area (Å²) < 4.78 is 12.6. The smallest absolute Gasteiger partial charge is 0.0982 e. The van der Waals surface area contributed by atoms with Gasteiger partial charge in [-0.25, -0.2) is 0 Å². The van der Waals surface area contributed by atoms with Gasteiger partial charge >= 0.3 is 0 Å². The summed E-state index contributed by atoms with van der Waals surface area (Å²) in [5, 5.41) is 11.2. The standard InChI is InChI=1S/C29H43NO3/c1-3-4-5-6-7-8-15-20-30(2)28-26(32-22-24-16-11-9-12-17-24)21-27(29(28)31)33-23-25-18-13-10-14-19-25/h9-14,16-19,26-29,31H,3-8,15,20-23H2,1-2H3. The van der Waals surface area contributed by atoms with Crippen LogP contribution in [0.15, 0.2) is 60.7 Å². The Labute approximate surface area is 200 Å². The highest BCUT2D eigenvalue weighted by molar-refractivity contribution is 5.14. The van der Waals surface area contributed by atoms with Crippen molar-refractivity contribution in [2.75, 3.05) is 13.6 Å². The van der Waals surface area contributed by atoms with E-state index in [4.69, 9.17) is 9.47 Å². The van der Waals surface area contributed by atoms with Gasteiger partial charge in [-0.1, -0.05) is 106 Å². The zero-order chi connectivity index (χ0) is 23.3. The molecule has 0 radical (unpaired) electrons. The Hall–Kier alpha value is -1.72. The Balaban J connectivity index is 1.54. The molecule has 0 spiro atoms. The van der Waals surface area contributed by atoms with E-state index in [1.54, 1.807) is 0 Å². The Morgan fingerprint density at radius 1 is 0.758 bits per heavy atom. The fourth-order valence-corrected chi connectivity index (χ4v) is 4.85. The van der Waals surface area contributed by atoms with E-state index in [-0.39, 0.29) is 18.2 Å². The molecule has 0 bridgehead atoms. The van der Waals surface area contributed by atoms with E-state index in [0.717, 1.165) is 24.1 Å². The number of aliphatic hydroxyl groups is 1. The molecule has 4 nitrogen and oxygen atoms in total. The van der Waals surface area contributed by atoms with Crippen molar-refractivity contribution in [3.63, 3.8) is 0 Å². The van der Waals surface area contributed by atoms with E-state index in [2.05, 4.69) is 43.1 Å². The van der Waals surface area contributed by atoms with Crippen LogP contribution in [-0.4, -0.2) is 48.0 Å². The van der Waals surface area contributed by atoms with Gasteiger partial charge in [0.15, 0.2) is 0 Å². The summed E-state index contributed by atoms with van der Waals surface area (Å²) in [4.78, 5) is 2.30. The van der Waals surface area contributed by atoms with Crippen molar-refractivity contribution in [2.24, 2.45) is 0 Å². The van der Waals surface area contributed by atoms with Crippen molar-refractivity contribution in [1.82, 2.24) is 4.90 Å². The second-order valence-corrected chi connectivity index (χ2v) is 9.49. The first-order chi connectivity index (χ1) is 16.2. The maximum atomic E-state index is 11.2. The minimum Gasteiger partial charge on any atom is -0.389 e. The summed E-state index contributed by atoms with van der Waals surface area (Å²) in [6.07, 6.45) is 8.94. The van der Waals surface area contributed by atoms with Gasteiger partial charge in [0.25, 0.3) is 0 Å². The molecule has 2 aromatic rings. The highest BCUT2D eigenvalue weighted by Crippen LogP contribution is 2.31. The predicted molar refractivity (Wildman–Crippen MR) is 135 cm³/mol. The Bertz CT molecular complexity index is 754. The SMILES string of the molecule is CCCCCCCCCN(C)C1C(OCc2ccccc2)CC(OCc2ccccc2)C1O. The van der Waals surface area contributed by atoms with E-state index in [9.17, 15) is 5.11 Å². The second-order valence-electron chi connectivity index (χ2n) is 9.49. The molecule has 1 fully saturated rings. The van der Waals surface area contributed by atoms with E-state index in [1.807, 2.05) is 36.4 Å². The summed E-state index contributed by atoms with van der Waals surface area (Å²) in [6.45, 7) is 4.31. The molecule has 33 heavy (non-hydrogen) atoms. The summed E-state index contributed by atoms with van der Waals surface area (Å²) in [7, 11) is 2.13. The van der Waals surface area contributed by atoms with Crippen LogP contribution in [0.3, 0.4) is 0 Å². The van der Waals surface area contributed by atoms with Crippen LogP contribution in [0.4, 0.5) is 0 Å². The van der Waals surface area contributed by atoms with Crippen LogP contribution in [0, 0.1) is 0 Å². The van der Waals surface area contributed by atoms with Gasteiger partial charge in [0.1, 0.15) is 0 Å². The first-order valence-electron chi connectivity index (χ1n) is 12.9. The Kier molecular flexibility index (Phi) is 11.4. The molecular weight excluding hydrogens is 410 g/mol. The quantitative estimate of drug-likeness (QED) is 0.337. The molecule has 0 amide bonds. The third-order valence-corrected chi connectivity index (χ3v) is 6.81. The number of aliphatic hydroxyl groups excluding tert-OH is 1. The predicted octanol–water partition coefficient (Wildman–Crippen LogP) is 5.97. The van der Waals surface area contributed by atoms with Gasteiger partial charge in [-0.2, -0.15) is 0 Å². The molecule has 1 N–H and O–H groups in total. The molecule has 1 saturated carbocycles. The van der Waals surface area contributed by atoms with Gasteiger partial charge in [0.05, 0.1) is 37.6 Å². The van der Waals surface area contributed by atoms with Gasteiger partial charge in [-0.05, 0) is 31.1 Å². The van der Waals surface area contributed by atoms with Gasteiger partial charge in [-0.3, -0.25) is 4.90 Å². The van der Waals surface area contributed by atoms with Crippen LogP contribution in [-0.2, 0) is 22.7 Å². The minimum atomic E-state index is -0.552. The number of ether oxygens (including phenoxy) is 2. The molecular formula is C29H43NO3. The summed E-state index contributed by atoms with van der Waals surface area (Å²) >= 11 is 0. The summed E-state index contributed by atoms with van der Waals surface area (Å²) in [6, 6.07) is 20.4. The maximum absolute atomic E-state index is 11.2. The normalized spacial score (nSPS) is 22.8. The number of nitrogens with zero attached hydrogens (tertiary/aromatic N) is 1. The number of unbranched alkanes of at least 4 members (excludes halogenated alkanes) is 6. The van der Waals surface area contributed by atoms with Gasteiger partial charge in [-0.15, -0.1) is 0 Å². The van der Waals surface area contributed by atoms with E-state index in [1.165, 1.54) is 38.5 Å². The zero-order valence-corrected chi connectivity index (χ0v) is 20.6. The largest absolute Gasteiger partial charge is 0.389 e. The maximum Gasteiger partial charge on any atom is 0.0982 e. The molecule has 0 aromatic heterocycles. The third kappa shape index (κ3) is 8.53. The lowest BCUT2D eigenvalue weighted by molar-refractivity contribution is -0.0532. The van der Waals surface area contributed by atoms with Crippen LogP contribution in [0.5, 0.6) is 0 Å². The van der Waals surface area contributed by atoms with E-state index >= 15 is 0 Å². The van der Waals surface area contributed by atoms with Crippen molar-refractivity contribution < 1.29 is 14.6 Å². The van der Waals surface area contributed by atoms with Crippen molar-refractivity contribution in [3.8, 4) is 0 Å². The lowest BCUT2D eigenvalue weighted by Gasteiger charge is -2.32. The molecule has 3 rings (SSSR count). The highest BCUT2D eigenvalue weighted by Gasteiger charge is 2.45. The van der Waals surface area contributed by atoms with Gasteiger partial charge < -0.3 is 14.6 Å². The molecule has 0 saturated heterocycles. The second kappa shape index (κ2) is 14.5. The number of hydrogen-bond donors (Lipinski definition) is 1. The monoisotopic (exact) mass is 453 g/mol. The van der Waals surface area contributed by atoms with E-state index < -0.39 is 6.10 Å². The zero-order valence-electron chi connectivity index (χ0n) is 20.6. The van der Waals surface area contributed by atoms with Crippen LogP contribution in [0.25, 0.3) is 0 Å². The average molecular weight is 454 g/mol. The van der Waals surface area contributed by atoms with Crippen LogP contribution in [0.1, 0.15) is 69.4 Å². The first-order valence-corrected chi connectivity index (χ1v) is 12.9. The fraction of sp³-hybridized carbons (Fsp3) is 0.586. The van der Waals surface area contributed by atoms with Gasteiger partial charge in [0.2, 0.25) is 0 Å². The summed E-state index contributed by atoms with van der Waals surface area (Å²) in [5.41, 5.74) is 2.29. The highest BCUT2D eigenvalue weighted by atomic mass is 16.5. The number of likely N-dealkylation sites (N-methyl/N-ethyl adjacent to an activating group) is 1. The number of benzene rings is 2. The molecule has 4 heteroatoms. The molecule has 2 aromatic carbocycles. The lowest BCUT2D eigenvalue weighted by Crippen LogP contribution is -2.47. The van der Waals surface area contributed by atoms with Crippen molar-refractivity contribution >= 4 is 0 Å². The van der Waals surface area contributed by atoms with Crippen molar-refractivity contribution in [1.29, 1.82) is 0 Å². The minimum absolute atomic E-state index is 0.0458. The van der Waals surface area contributed by atoms with Gasteiger partial charge in [0, 0.05) is 6.42 Å². The lowest BCUT2D eigenvalue weighted by atomic mass is 10.1. The van der Waals surface area contributed by atoms with E-state index in [0.29, 0.717) is 19.6 Å². The molecule has 1 aliphatic rings. The molecule has 4 unspecified atom stereocenters. The molecule has 0 aliphatic heterocycles. The third-order valence-electron chi connectivity index (χ3n) is 6.81. The fourth-order valence-electron chi connectivity index (χ4n) is 4.85. The van der Waals surface area contributed by atoms with Crippen molar-refractivity contribution in [3.05, 3.63) is 71.8 Å². The Morgan fingerprint density at radius 3 is 1.85 bits per heavy atom. The van der Waals surface area contributed by atoms with Crippen LogP contribution in [0.2, 0.25) is 0 Å². The molecule has 1 aliphatic carbocycles. The number of rotatable bonds is 15. The first kappa shape index (κ1) is 25.9. The van der Waals surface area contributed by atoms with Crippen molar-refractivity contribution in [2.45, 2.75) is 95.9 Å². The average Bonchev–Trinajstić information content (AvgIpc) is 3.17. The summed E-state index contributed by atoms with van der Waals surface area (Å²) in [5.74, 6) is 0.